The van der Waals surface area contributed by atoms with E-state index in [-0.39, 0.29) is 148 Å². The summed E-state index contributed by atoms with van der Waals surface area (Å²) in [5, 5.41) is 17.4. The van der Waals surface area contributed by atoms with E-state index >= 15 is 0 Å². The number of alkyl halides is 3. The quantitative estimate of drug-likeness (QED) is 0.0235. The van der Waals surface area contributed by atoms with Gasteiger partial charge in [0.1, 0.15) is 40.3 Å². The fourth-order valence-corrected chi connectivity index (χ4v) is 18.4. The van der Waals surface area contributed by atoms with Gasteiger partial charge in [-0.2, -0.15) is 0 Å². The normalized spacial score (nSPS) is 19.2. The second-order valence-corrected chi connectivity index (χ2v) is 41.2. The van der Waals surface area contributed by atoms with Gasteiger partial charge in [-0.1, -0.05) is 146 Å². The Morgan fingerprint density at radius 2 is 0.850 bits per heavy atom. The number of Topliss-reactive ketones (excluding diaryl/α,β-unsaturated/α-hetero) is 5. The number of carbonyl (C=O) groups excluding carboxylic acids is 7. The van der Waals surface area contributed by atoms with E-state index in [1.807, 2.05) is 115 Å². The Morgan fingerprint density at radius 3 is 1.25 bits per heavy atom. The Kier molecular flexibility index (Phi) is 58.8. The summed E-state index contributed by atoms with van der Waals surface area (Å²) in [7, 11) is 8.31. The molecule has 5 unspecified atom stereocenters. The van der Waals surface area contributed by atoms with E-state index in [0.29, 0.717) is 48.8 Å². The van der Waals surface area contributed by atoms with Crippen LogP contribution in [0.5, 0.6) is 34.5 Å². The van der Waals surface area contributed by atoms with Gasteiger partial charge in [0.25, 0.3) is 0 Å². The third-order valence-corrected chi connectivity index (χ3v) is 25.3. The Labute approximate surface area is 874 Å². The van der Waals surface area contributed by atoms with Crippen molar-refractivity contribution >= 4 is 148 Å². The molecule has 0 bridgehead atoms. The Hall–Kier alpha value is -3.86. The summed E-state index contributed by atoms with van der Waals surface area (Å²) in [5.74, 6) is 6.53. The van der Waals surface area contributed by atoms with E-state index in [0.717, 1.165) is 225 Å². The topological polar surface area (TPSA) is 236 Å². The smallest absolute Gasteiger partial charge is 1.00 e. The number of benzene rings is 6. The molecule has 3 N–H and O–H groups in total. The maximum Gasteiger partial charge on any atom is 1.00 e. The molecule has 14 rings (SSSR count). The van der Waals surface area contributed by atoms with E-state index in [9.17, 15) is 38.7 Å². The van der Waals surface area contributed by atoms with Gasteiger partial charge in [-0.25, -0.2) is 0 Å². The van der Waals surface area contributed by atoms with Gasteiger partial charge >= 0.3 is 84.1 Å². The molecule has 8 aliphatic carbocycles. The molecule has 5 atom stereocenters. The van der Waals surface area contributed by atoms with Gasteiger partial charge in [0.2, 0.25) is 0 Å². The van der Waals surface area contributed by atoms with Crippen LogP contribution in [0.1, 0.15) is 303 Å². The number of phenolic OH excluding ortho intramolecular Hbond substituents is 1. The maximum atomic E-state index is 13.0. The third-order valence-electron chi connectivity index (χ3n) is 24.7. The number of fused-ring (bicyclic) bond motifs is 10. The predicted octanol–water partition coefficient (Wildman–Crippen LogP) is 21.6. The van der Waals surface area contributed by atoms with Crippen LogP contribution in [0, 0.1) is 27.6 Å². The predicted molar refractivity (Wildman–Crippen MR) is 535 cm³/mol. The molecule has 0 fully saturated rings. The second-order valence-electron chi connectivity index (χ2n) is 33.1. The Morgan fingerprint density at radius 1 is 0.512 bits per heavy atom. The van der Waals surface area contributed by atoms with Gasteiger partial charge in [0, 0.05) is 86.5 Å². The van der Waals surface area contributed by atoms with E-state index in [4.69, 9.17) is 52.0 Å². The number of ether oxygens (including phenoxy) is 5. The summed E-state index contributed by atoms with van der Waals surface area (Å²) in [6.07, 6.45) is 38.8. The van der Waals surface area contributed by atoms with Gasteiger partial charge in [-0.15, -0.1) is 83.6 Å². The molecule has 6 aromatic rings. The zero-order valence-electron chi connectivity index (χ0n) is 79.0. The first-order chi connectivity index (χ1) is 59.6. The molecule has 15 nitrogen and oxygen atoms in total. The number of phenols is 1. The average molecular weight is 2130 g/mol. The zero-order chi connectivity index (χ0) is 91.6. The molecule has 0 saturated carbocycles. The number of hydrogen-bond acceptors (Lipinski definition) is 15. The summed E-state index contributed by atoms with van der Waals surface area (Å²) in [4.78, 5) is 85.3. The minimum absolute atomic E-state index is 0. The molecule has 0 spiro atoms. The number of carbonyl (C=O) groups is 7. The van der Waals surface area contributed by atoms with Crippen molar-refractivity contribution in [3.05, 3.63) is 213 Å². The number of rotatable bonds is 25. The van der Waals surface area contributed by atoms with Gasteiger partial charge < -0.3 is 40.8 Å². The summed E-state index contributed by atoms with van der Waals surface area (Å²) in [6.45, 7) is 21.7. The SMILES string of the molecule is BrB(Br)Br.C=CCC1(CCCC)CCc2cc(OC)ccc2C1=O.C=CCI.CCCCC1(CC(C)=O)CCc2cc(OC)ccc2C1=O.CCCCC12CCc3cc(O)ccc3C1=CC(=O)C2.CCCCC12CCc3cc(OC)ccc3C1=CC(=O)C2.CCCCC1CCc2cc(OC)ccc2C1=O.CCO.COc1ccc2c(c1)CCCC2=O.ClCCl.[H-].[K+].[Na+].[OH-]. The number of allylic oxidation sites excluding steroid dienone is 6. The number of unbranched alkanes of at least 4 members (excludes halogenated alkanes) is 5. The van der Waals surface area contributed by atoms with Crippen LogP contribution in [-0.4, -0.2) is 111 Å². The first-order valence-electron chi connectivity index (χ1n) is 44.3. The molecule has 0 radical (unpaired) electrons. The van der Waals surface area contributed by atoms with Gasteiger partial charge in [-0.05, 0) is 294 Å². The number of ketones is 7. The maximum absolute atomic E-state index is 13.0. The number of methoxy groups -OCH3 is 5. The van der Waals surface area contributed by atoms with E-state index < -0.39 is 5.41 Å². The van der Waals surface area contributed by atoms with E-state index in [2.05, 4.69) is 130 Å². The fraction of sp³-hybridized carbons (Fsp3) is 0.505. The van der Waals surface area contributed by atoms with Crippen molar-refractivity contribution in [3.63, 3.8) is 0 Å². The molecule has 0 heterocycles. The molecule has 0 saturated heterocycles. The van der Waals surface area contributed by atoms with Gasteiger partial charge in [0.15, 0.2) is 34.7 Å². The van der Waals surface area contributed by atoms with Crippen LogP contribution in [-0.2, 0) is 52.9 Å². The zero-order valence-corrected chi connectivity index (χ0v) is 91.6. The Bertz CT molecular complexity index is 4570. The fourth-order valence-electron chi connectivity index (χ4n) is 18.4. The first kappa shape index (κ1) is 119. The van der Waals surface area contributed by atoms with Gasteiger partial charge in [-0.3, -0.25) is 33.6 Å². The van der Waals surface area contributed by atoms with Crippen molar-refractivity contribution in [2.75, 3.05) is 51.9 Å². The van der Waals surface area contributed by atoms with Crippen LogP contribution in [0.2, 0.25) is 0 Å². The molecule has 0 aliphatic heterocycles. The third kappa shape index (κ3) is 35.4. The van der Waals surface area contributed by atoms with Crippen LogP contribution < -0.4 is 105 Å². The molecular formula is C103H137BBr3Cl2IKNaO15. The van der Waals surface area contributed by atoms with Crippen molar-refractivity contribution in [2.24, 2.45) is 27.6 Å². The number of aromatic hydroxyl groups is 1. The molecule has 686 valence electrons. The van der Waals surface area contributed by atoms with Crippen LogP contribution in [0.25, 0.3) is 11.1 Å². The summed E-state index contributed by atoms with van der Waals surface area (Å²) in [6, 6.07) is 34.8. The summed E-state index contributed by atoms with van der Waals surface area (Å²) in [5.41, 5.74) is 14.9. The van der Waals surface area contributed by atoms with Crippen molar-refractivity contribution in [3.8, 4) is 34.5 Å². The minimum atomic E-state index is -0.483. The van der Waals surface area contributed by atoms with Crippen LogP contribution in [0.15, 0.2) is 147 Å². The number of hydrogen-bond donors (Lipinski definition) is 2. The molecule has 0 amide bonds. The molecule has 24 heteroatoms. The summed E-state index contributed by atoms with van der Waals surface area (Å²) >= 11 is 21.1. The summed E-state index contributed by atoms with van der Waals surface area (Å²) < 4.78 is 27.4. The van der Waals surface area contributed by atoms with Crippen molar-refractivity contribution in [1.29, 1.82) is 0 Å². The minimum Gasteiger partial charge on any atom is -1.00 e. The standard InChI is InChI=1S/C18H24O3.C18H22O2.C18H24O2.C17H20O2.C15H20O2.C11H12O2.C3H5I.C2H6O.CH2Cl2.BBr3.K.Na.H2O.H/c1-4-5-9-18(12-13(2)19)10-8-14-11-15(21-3)6-7-16(14)17(18)20;1-3-4-8-18-9-7-13-10-15(20-2)5-6-16(13)17(18)11-14(19)12-18;1-4-6-11-18(10-5-2)12-9-14-13-15(20-3)7-8-16(14)17(18)19;1-2-3-7-17-8-6-12-9-13(18)4-5-15(12)16(17)10-14(19)11-17;1-3-4-5-11-6-7-12-10-13(17-2)8-9-14(12)15(11)16;1-13-9-5-6-10-8(7-9)3-2-4-11(10)12;1-2-3-4;1-2-3;2-1-3;2-1(3)4;;;;/h6-7,11H,4-5,8-10,12H2,1-3H3;5-6,10-11H,3-4,7-9,12H2,1-2H3;5,7-8,13H,2,4,6,9-12H2,1,3H3;4-5,9-10,18H,2-3,6-8,11H2,1H3;8-11H,3-7H2,1-2H3;5-7H,2-4H2,1H3;2H,1,3H2;3H,2H2,1H3;1H2;;;;1H2;/q;;;;;;;;;;2*+1;;-1/p-1. The largest absolute Gasteiger partial charge is 1.00 e. The molecular weight excluding hydrogens is 1990 g/mol. The second kappa shape index (κ2) is 62.7. The van der Waals surface area contributed by atoms with Crippen LogP contribution in [0.3, 0.4) is 0 Å². The van der Waals surface area contributed by atoms with Crippen molar-refractivity contribution < 1.29 is 155 Å². The van der Waals surface area contributed by atoms with Crippen molar-refractivity contribution in [2.45, 2.75) is 254 Å². The number of aliphatic hydroxyl groups excluding tert-OH is 1. The number of aryl methyl sites for hydroxylation is 6. The molecule has 0 aromatic heterocycles. The van der Waals surface area contributed by atoms with Crippen molar-refractivity contribution in [1.82, 2.24) is 0 Å². The molecule has 127 heavy (non-hydrogen) atoms. The van der Waals surface area contributed by atoms with E-state index in [1.54, 1.807) is 55.5 Å². The Balaban J connectivity index is 0.000000743. The first-order valence-corrected chi connectivity index (χ1v) is 49.7. The number of halogens is 6. The van der Waals surface area contributed by atoms with E-state index in [1.165, 1.54) is 65.5 Å². The van der Waals surface area contributed by atoms with Crippen LogP contribution >= 0.6 is 93.1 Å². The molecule has 8 aliphatic rings. The van der Waals surface area contributed by atoms with Crippen LogP contribution in [0.4, 0.5) is 0 Å². The monoisotopic (exact) mass is 2120 g/mol. The van der Waals surface area contributed by atoms with Gasteiger partial charge in [0.05, 0.1) is 40.9 Å². The number of aliphatic hydroxyl groups is 1. The average Bonchev–Trinajstić information content (AvgIpc) is 1.46. The molecule has 6 aromatic carbocycles.